The molecule has 7 heteroatoms. The molecule has 7 nitrogen and oxygen atoms in total. The Morgan fingerprint density at radius 2 is 1.54 bits per heavy atom. The zero-order valence-electron chi connectivity index (χ0n) is 14.9. The number of benzene rings is 3. The molecule has 0 saturated heterocycles. The summed E-state index contributed by atoms with van der Waals surface area (Å²) in [6.07, 6.45) is 0. The van der Waals surface area contributed by atoms with Crippen LogP contribution in [0.4, 0.5) is 11.4 Å². The number of ether oxygens (including phenoxy) is 2. The average Bonchev–Trinajstić information content (AvgIpc) is 2.72. The number of rotatable bonds is 8. The van der Waals surface area contributed by atoms with Gasteiger partial charge in [0.2, 0.25) is 0 Å². The molecule has 3 rings (SSSR count). The van der Waals surface area contributed by atoms with Gasteiger partial charge in [0.05, 0.1) is 4.92 Å². The first-order valence-electron chi connectivity index (χ1n) is 8.58. The van der Waals surface area contributed by atoms with E-state index in [0.717, 1.165) is 5.75 Å². The van der Waals surface area contributed by atoms with Crippen molar-refractivity contribution in [2.75, 3.05) is 18.5 Å². The minimum absolute atomic E-state index is 0.136. The van der Waals surface area contributed by atoms with Gasteiger partial charge in [-0.2, -0.15) is 0 Å². The SMILES string of the molecule is O=C(Nc1cccc(OCCOc2ccccc2)c1)c1cccc([N+](=O)[O-])c1. The number of nitrogens with one attached hydrogen (secondary N) is 1. The fourth-order valence-corrected chi connectivity index (χ4v) is 2.46. The molecule has 3 aromatic carbocycles. The summed E-state index contributed by atoms with van der Waals surface area (Å²) in [5, 5.41) is 13.5. The summed E-state index contributed by atoms with van der Waals surface area (Å²) in [5.74, 6) is 0.908. The fourth-order valence-electron chi connectivity index (χ4n) is 2.46. The van der Waals surface area contributed by atoms with Crippen molar-refractivity contribution in [1.82, 2.24) is 0 Å². The Bertz CT molecular complexity index is 960. The maximum atomic E-state index is 12.3. The van der Waals surface area contributed by atoms with Crippen LogP contribution in [0.15, 0.2) is 78.9 Å². The van der Waals surface area contributed by atoms with E-state index in [1.807, 2.05) is 30.3 Å². The van der Waals surface area contributed by atoms with Crippen LogP contribution in [-0.4, -0.2) is 24.0 Å². The molecule has 0 atom stereocenters. The van der Waals surface area contributed by atoms with Crippen LogP contribution in [0.25, 0.3) is 0 Å². The number of hydrogen-bond acceptors (Lipinski definition) is 5. The minimum Gasteiger partial charge on any atom is -0.490 e. The monoisotopic (exact) mass is 378 g/mol. The van der Waals surface area contributed by atoms with Crippen LogP contribution in [-0.2, 0) is 0 Å². The zero-order chi connectivity index (χ0) is 19.8. The maximum Gasteiger partial charge on any atom is 0.270 e. The molecule has 0 saturated carbocycles. The highest BCUT2D eigenvalue weighted by atomic mass is 16.6. The number of carbonyl (C=O) groups excluding carboxylic acids is 1. The molecular weight excluding hydrogens is 360 g/mol. The quantitative estimate of drug-likeness (QED) is 0.358. The second kappa shape index (κ2) is 9.18. The van der Waals surface area contributed by atoms with E-state index in [0.29, 0.717) is 24.7 Å². The Balaban J connectivity index is 1.55. The van der Waals surface area contributed by atoms with E-state index >= 15 is 0 Å². The molecule has 28 heavy (non-hydrogen) atoms. The van der Waals surface area contributed by atoms with E-state index in [4.69, 9.17) is 9.47 Å². The summed E-state index contributed by atoms with van der Waals surface area (Å²) in [6.45, 7) is 0.728. The van der Waals surface area contributed by atoms with Crippen molar-refractivity contribution < 1.29 is 19.2 Å². The molecule has 0 heterocycles. The first-order chi connectivity index (χ1) is 13.6. The minimum atomic E-state index is -0.539. The van der Waals surface area contributed by atoms with Crippen LogP contribution >= 0.6 is 0 Å². The predicted octanol–water partition coefficient (Wildman–Crippen LogP) is 4.30. The lowest BCUT2D eigenvalue weighted by atomic mass is 10.2. The van der Waals surface area contributed by atoms with E-state index in [2.05, 4.69) is 5.32 Å². The highest BCUT2D eigenvalue weighted by Crippen LogP contribution is 2.19. The molecule has 0 radical (unpaired) electrons. The number of para-hydroxylation sites is 1. The van der Waals surface area contributed by atoms with E-state index in [1.54, 1.807) is 24.3 Å². The van der Waals surface area contributed by atoms with Crippen LogP contribution in [0.5, 0.6) is 11.5 Å². The number of carbonyl (C=O) groups is 1. The lowest BCUT2D eigenvalue weighted by molar-refractivity contribution is -0.384. The van der Waals surface area contributed by atoms with Crippen LogP contribution < -0.4 is 14.8 Å². The Kier molecular flexibility index (Phi) is 6.20. The second-order valence-electron chi connectivity index (χ2n) is 5.80. The van der Waals surface area contributed by atoms with Crippen molar-refractivity contribution in [1.29, 1.82) is 0 Å². The number of nitro benzene ring substituents is 1. The Labute approximate surface area is 161 Å². The van der Waals surface area contributed by atoms with E-state index in [1.165, 1.54) is 24.3 Å². The molecule has 1 N–H and O–H groups in total. The molecule has 0 bridgehead atoms. The summed E-state index contributed by atoms with van der Waals surface area (Å²) >= 11 is 0. The molecule has 0 aliphatic rings. The van der Waals surface area contributed by atoms with Crippen molar-refractivity contribution >= 4 is 17.3 Å². The molecule has 0 spiro atoms. The van der Waals surface area contributed by atoms with Crippen molar-refractivity contribution in [3.05, 3.63) is 94.5 Å². The normalized spacial score (nSPS) is 10.1. The standard InChI is InChI=1S/C21H18N2O5/c24-21(16-6-4-8-18(14-16)23(25)26)22-17-7-5-11-20(15-17)28-13-12-27-19-9-2-1-3-10-19/h1-11,14-15H,12-13H2,(H,22,24). The van der Waals surface area contributed by atoms with Gasteiger partial charge in [0.25, 0.3) is 11.6 Å². The molecule has 0 aliphatic heterocycles. The first-order valence-corrected chi connectivity index (χ1v) is 8.58. The molecular formula is C21H18N2O5. The molecule has 0 unspecified atom stereocenters. The Morgan fingerprint density at radius 3 is 2.29 bits per heavy atom. The van der Waals surface area contributed by atoms with Crippen LogP contribution in [0.3, 0.4) is 0 Å². The van der Waals surface area contributed by atoms with Crippen molar-refractivity contribution in [3.8, 4) is 11.5 Å². The third-order valence-corrected chi connectivity index (χ3v) is 3.78. The van der Waals surface area contributed by atoms with Gasteiger partial charge in [0.1, 0.15) is 24.7 Å². The molecule has 0 fully saturated rings. The smallest absolute Gasteiger partial charge is 0.270 e. The fraction of sp³-hybridized carbons (Fsp3) is 0.0952. The molecule has 3 aromatic rings. The molecule has 0 aromatic heterocycles. The van der Waals surface area contributed by atoms with Crippen molar-refractivity contribution in [3.63, 3.8) is 0 Å². The summed E-state index contributed by atoms with van der Waals surface area (Å²) in [5.41, 5.74) is 0.595. The first kappa shape index (κ1) is 18.9. The zero-order valence-corrected chi connectivity index (χ0v) is 14.9. The van der Waals surface area contributed by atoms with Gasteiger partial charge in [-0.3, -0.25) is 14.9 Å². The number of amides is 1. The third kappa shape index (κ3) is 5.31. The molecule has 142 valence electrons. The highest BCUT2D eigenvalue weighted by Gasteiger charge is 2.12. The number of hydrogen-bond donors (Lipinski definition) is 1. The maximum absolute atomic E-state index is 12.3. The molecule has 1 amide bonds. The lowest BCUT2D eigenvalue weighted by Crippen LogP contribution is -2.12. The topological polar surface area (TPSA) is 90.7 Å². The van der Waals surface area contributed by atoms with Crippen LogP contribution in [0.2, 0.25) is 0 Å². The van der Waals surface area contributed by atoms with Crippen molar-refractivity contribution in [2.45, 2.75) is 0 Å². The van der Waals surface area contributed by atoms with Crippen LogP contribution in [0.1, 0.15) is 10.4 Å². The number of nitro groups is 1. The Morgan fingerprint density at radius 1 is 0.857 bits per heavy atom. The van der Waals surface area contributed by atoms with Gasteiger partial charge in [-0.25, -0.2) is 0 Å². The van der Waals surface area contributed by atoms with Gasteiger partial charge in [-0.15, -0.1) is 0 Å². The summed E-state index contributed by atoms with van der Waals surface area (Å²) in [4.78, 5) is 22.6. The number of non-ortho nitro benzene ring substituents is 1. The highest BCUT2D eigenvalue weighted by molar-refractivity contribution is 6.04. The van der Waals surface area contributed by atoms with Gasteiger partial charge < -0.3 is 14.8 Å². The lowest BCUT2D eigenvalue weighted by Gasteiger charge is -2.10. The summed E-state index contributed by atoms with van der Waals surface area (Å²) in [7, 11) is 0. The number of nitrogens with zero attached hydrogens (tertiary/aromatic N) is 1. The van der Waals surface area contributed by atoms with E-state index in [9.17, 15) is 14.9 Å². The second-order valence-corrected chi connectivity index (χ2v) is 5.80. The van der Waals surface area contributed by atoms with E-state index < -0.39 is 10.8 Å². The van der Waals surface area contributed by atoms with Gasteiger partial charge in [-0.1, -0.05) is 30.3 Å². The average molecular weight is 378 g/mol. The van der Waals surface area contributed by atoms with Gasteiger partial charge in [0, 0.05) is 29.4 Å². The van der Waals surface area contributed by atoms with Crippen molar-refractivity contribution in [2.24, 2.45) is 0 Å². The van der Waals surface area contributed by atoms with Gasteiger partial charge >= 0.3 is 0 Å². The van der Waals surface area contributed by atoms with Gasteiger partial charge in [0.15, 0.2) is 0 Å². The summed E-state index contributed by atoms with van der Waals surface area (Å²) in [6, 6.07) is 21.9. The number of anilines is 1. The Hall–Kier alpha value is -3.87. The van der Waals surface area contributed by atoms with E-state index in [-0.39, 0.29) is 11.3 Å². The third-order valence-electron chi connectivity index (χ3n) is 3.78. The summed E-state index contributed by atoms with van der Waals surface area (Å²) < 4.78 is 11.2. The van der Waals surface area contributed by atoms with Crippen LogP contribution in [0, 0.1) is 10.1 Å². The predicted molar refractivity (Wildman–Crippen MR) is 105 cm³/mol. The van der Waals surface area contributed by atoms with Gasteiger partial charge in [-0.05, 0) is 30.3 Å². The largest absolute Gasteiger partial charge is 0.490 e. The molecule has 0 aliphatic carbocycles.